The standard InChI is InChI=1S/C15H21N3O2/c1-15(2,3)12(16)8-14(20)18-9-13(19)17-10-6-4-5-7-11(10)18/h4-7,12H,8-9,16H2,1-3H3,(H,17,19). The quantitative estimate of drug-likeness (QED) is 0.863. The average molecular weight is 275 g/mol. The summed E-state index contributed by atoms with van der Waals surface area (Å²) in [4.78, 5) is 25.6. The van der Waals surface area contributed by atoms with Gasteiger partial charge in [0.05, 0.1) is 11.4 Å². The summed E-state index contributed by atoms with van der Waals surface area (Å²) in [6, 6.07) is 7.05. The SMILES string of the molecule is CC(C)(C)C(N)CC(=O)N1CC(=O)Nc2ccccc21. The van der Waals surface area contributed by atoms with Crippen molar-refractivity contribution in [2.24, 2.45) is 11.1 Å². The van der Waals surface area contributed by atoms with Crippen molar-refractivity contribution in [3.63, 3.8) is 0 Å². The lowest BCUT2D eigenvalue weighted by Gasteiger charge is -2.32. The van der Waals surface area contributed by atoms with Crippen LogP contribution in [0.5, 0.6) is 0 Å². The molecule has 1 aliphatic rings. The van der Waals surface area contributed by atoms with E-state index in [9.17, 15) is 9.59 Å². The Kier molecular flexibility index (Phi) is 3.81. The number of benzene rings is 1. The first-order valence-electron chi connectivity index (χ1n) is 6.74. The van der Waals surface area contributed by atoms with Crippen LogP contribution in [0.15, 0.2) is 24.3 Å². The zero-order valence-electron chi connectivity index (χ0n) is 12.1. The van der Waals surface area contributed by atoms with Crippen molar-refractivity contribution in [3.05, 3.63) is 24.3 Å². The van der Waals surface area contributed by atoms with Crippen LogP contribution in [0.4, 0.5) is 11.4 Å². The first-order chi connectivity index (χ1) is 9.29. The van der Waals surface area contributed by atoms with E-state index in [4.69, 9.17) is 5.73 Å². The summed E-state index contributed by atoms with van der Waals surface area (Å²) in [5, 5.41) is 2.76. The van der Waals surface area contributed by atoms with Crippen LogP contribution in [0.25, 0.3) is 0 Å². The highest BCUT2D eigenvalue weighted by Crippen LogP contribution is 2.30. The van der Waals surface area contributed by atoms with Gasteiger partial charge in [-0.3, -0.25) is 9.59 Å². The predicted octanol–water partition coefficient (Wildman–Crippen LogP) is 1.74. The maximum atomic E-state index is 12.4. The molecule has 1 aromatic rings. The molecular formula is C15H21N3O2. The van der Waals surface area contributed by atoms with Crippen LogP contribution < -0.4 is 16.0 Å². The molecule has 108 valence electrons. The van der Waals surface area contributed by atoms with Gasteiger partial charge in [0.15, 0.2) is 0 Å². The van der Waals surface area contributed by atoms with Crippen molar-refractivity contribution in [2.45, 2.75) is 33.2 Å². The van der Waals surface area contributed by atoms with Crippen LogP contribution in [0.2, 0.25) is 0 Å². The van der Waals surface area contributed by atoms with Crippen LogP contribution in [-0.4, -0.2) is 24.4 Å². The summed E-state index contributed by atoms with van der Waals surface area (Å²) in [5.74, 6) is -0.295. The highest BCUT2D eigenvalue weighted by atomic mass is 16.2. The second-order valence-electron chi connectivity index (χ2n) is 6.22. The number of para-hydroxylation sites is 2. The van der Waals surface area contributed by atoms with Gasteiger partial charge in [-0.1, -0.05) is 32.9 Å². The van der Waals surface area contributed by atoms with Gasteiger partial charge in [0.1, 0.15) is 6.54 Å². The molecule has 2 amide bonds. The van der Waals surface area contributed by atoms with Crippen LogP contribution >= 0.6 is 0 Å². The molecule has 1 heterocycles. The second-order valence-corrected chi connectivity index (χ2v) is 6.22. The lowest BCUT2D eigenvalue weighted by Crippen LogP contribution is -2.46. The van der Waals surface area contributed by atoms with E-state index in [1.54, 1.807) is 6.07 Å². The number of hydrogen-bond acceptors (Lipinski definition) is 3. The van der Waals surface area contributed by atoms with Crippen LogP contribution in [0.1, 0.15) is 27.2 Å². The third-order valence-corrected chi connectivity index (χ3v) is 3.58. The summed E-state index contributed by atoms with van der Waals surface area (Å²) in [6.45, 7) is 6.05. The fourth-order valence-corrected chi connectivity index (χ4v) is 2.06. The first kappa shape index (κ1) is 14.5. The number of rotatable bonds is 2. The minimum Gasteiger partial charge on any atom is -0.327 e. The van der Waals surface area contributed by atoms with E-state index in [0.717, 1.165) is 5.69 Å². The summed E-state index contributed by atoms with van der Waals surface area (Å²) in [6.07, 6.45) is 0.227. The van der Waals surface area contributed by atoms with Gasteiger partial charge in [-0.25, -0.2) is 0 Å². The van der Waals surface area contributed by atoms with Crippen molar-refractivity contribution in [3.8, 4) is 0 Å². The average Bonchev–Trinajstić information content (AvgIpc) is 2.36. The molecule has 1 unspecified atom stereocenters. The molecule has 0 spiro atoms. The van der Waals surface area contributed by atoms with E-state index in [1.807, 2.05) is 39.0 Å². The second kappa shape index (κ2) is 5.25. The number of nitrogens with zero attached hydrogens (tertiary/aromatic N) is 1. The van der Waals surface area contributed by atoms with E-state index >= 15 is 0 Å². The molecule has 3 N–H and O–H groups in total. The maximum Gasteiger partial charge on any atom is 0.244 e. The molecule has 5 heteroatoms. The molecule has 5 nitrogen and oxygen atoms in total. The van der Waals surface area contributed by atoms with Gasteiger partial charge in [0, 0.05) is 12.5 Å². The normalized spacial score (nSPS) is 16.4. The molecule has 1 aromatic carbocycles. The van der Waals surface area contributed by atoms with Gasteiger partial charge in [-0.05, 0) is 17.5 Å². The minimum absolute atomic E-state index is 0.0483. The Bertz CT molecular complexity index is 534. The third-order valence-electron chi connectivity index (χ3n) is 3.58. The third kappa shape index (κ3) is 2.99. The smallest absolute Gasteiger partial charge is 0.244 e. The largest absolute Gasteiger partial charge is 0.327 e. The number of nitrogens with two attached hydrogens (primary N) is 1. The number of carbonyl (C=O) groups excluding carboxylic acids is 2. The molecule has 0 fully saturated rings. The van der Waals surface area contributed by atoms with E-state index in [-0.39, 0.29) is 36.2 Å². The topological polar surface area (TPSA) is 75.4 Å². The zero-order valence-corrected chi connectivity index (χ0v) is 12.1. The van der Waals surface area contributed by atoms with Gasteiger partial charge in [-0.2, -0.15) is 0 Å². The Morgan fingerprint density at radius 2 is 2.05 bits per heavy atom. The minimum atomic E-state index is -0.243. The Morgan fingerprint density at radius 1 is 1.40 bits per heavy atom. The highest BCUT2D eigenvalue weighted by molar-refractivity contribution is 6.09. The molecule has 1 aliphatic heterocycles. The molecule has 0 radical (unpaired) electrons. The Morgan fingerprint density at radius 3 is 2.70 bits per heavy atom. The molecule has 0 aromatic heterocycles. The molecule has 0 saturated heterocycles. The van der Waals surface area contributed by atoms with Gasteiger partial charge in [0.2, 0.25) is 11.8 Å². The Balaban J connectivity index is 2.21. The number of anilines is 2. The van der Waals surface area contributed by atoms with Crippen molar-refractivity contribution < 1.29 is 9.59 Å². The van der Waals surface area contributed by atoms with E-state index in [1.165, 1.54) is 4.90 Å². The monoisotopic (exact) mass is 275 g/mol. The molecule has 0 aliphatic carbocycles. The van der Waals surface area contributed by atoms with Gasteiger partial charge >= 0.3 is 0 Å². The fraction of sp³-hybridized carbons (Fsp3) is 0.467. The molecule has 2 rings (SSSR count). The van der Waals surface area contributed by atoms with Crippen molar-refractivity contribution in [2.75, 3.05) is 16.8 Å². The predicted molar refractivity (Wildman–Crippen MR) is 79.5 cm³/mol. The zero-order chi connectivity index (χ0) is 14.9. The van der Waals surface area contributed by atoms with Crippen molar-refractivity contribution >= 4 is 23.2 Å². The van der Waals surface area contributed by atoms with Crippen molar-refractivity contribution in [1.29, 1.82) is 0 Å². The van der Waals surface area contributed by atoms with Gasteiger partial charge in [0.25, 0.3) is 0 Å². The van der Waals surface area contributed by atoms with Crippen LogP contribution in [0, 0.1) is 5.41 Å². The fourth-order valence-electron chi connectivity index (χ4n) is 2.06. The number of carbonyl (C=O) groups is 2. The summed E-state index contributed by atoms with van der Waals surface area (Å²) >= 11 is 0. The molecule has 1 atom stereocenters. The number of fused-ring (bicyclic) bond motifs is 1. The van der Waals surface area contributed by atoms with Crippen LogP contribution in [-0.2, 0) is 9.59 Å². The van der Waals surface area contributed by atoms with E-state index < -0.39 is 0 Å². The van der Waals surface area contributed by atoms with Gasteiger partial charge < -0.3 is 16.0 Å². The highest BCUT2D eigenvalue weighted by Gasteiger charge is 2.30. The van der Waals surface area contributed by atoms with Crippen LogP contribution in [0.3, 0.4) is 0 Å². The first-order valence-corrected chi connectivity index (χ1v) is 6.74. The Hall–Kier alpha value is -1.88. The molecule has 0 saturated carbocycles. The number of nitrogens with one attached hydrogen (secondary N) is 1. The number of amides is 2. The number of hydrogen-bond donors (Lipinski definition) is 2. The van der Waals surface area contributed by atoms with E-state index in [0.29, 0.717) is 5.69 Å². The van der Waals surface area contributed by atoms with Crippen molar-refractivity contribution in [1.82, 2.24) is 0 Å². The lowest BCUT2D eigenvalue weighted by molar-refractivity contribution is -0.122. The Labute approximate surface area is 119 Å². The summed E-state index contributed by atoms with van der Waals surface area (Å²) in [5.41, 5.74) is 7.32. The summed E-state index contributed by atoms with van der Waals surface area (Å²) < 4.78 is 0. The van der Waals surface area contributed by atoms with Gasteiger partial charge in [-0.15, -0.1) is 0 Å². The summed E-state index contributed by atoms with van der Waals surface area (Å²) in [7, 11) is 0. The lowest BCUT2D eigenvalue weighted by atomic mass is 9.85. The van der Waals surface area contributed by atoms with E-state index in [2.05, 4.69) is 5.32 Å². The molecular weight excluding hydrogens is 254 g/mol. The molecule has 20 heavy (non-hydrogen) atoms. The maximum absolute atomic E-state index is 12.4. The molecule has 0 bridgehead atoms.